The molecule has 0 bridgehead atoms. The molecule has 5 amide bonds. The molecule has 9 nitrogen and oxygen atoms in total. The van der Waals surface area contributed by atoms with Crippen LogP contribution >= 0.6 is 0 Å². The number of hydrogen-bond donors (Lipinski definition) is 3. The molecule has 9 heteroatoms. The van der Waals surface area contributed by atoms with Gasteiger partial charge in [-0.3, -0.25) is 30.1 Å². The number of hydrazine groups is 1. The number of nitrogens with one attached hydrogen (secondary N) is 3. The largest absolute Gasteiger partial charge is 0.491 e. The van der Waals surface area contributed by atoms with E-state index >= 15 is 0 Å². The van der Waals surface area contributed by atoms with Crippen molar-refractivity contribution in [1.29, 1.82) is 0 Å². The summed E-state index contributed by atoms with van der Waals surface area (Å²) in [7, 11) is 0. The van der Waals surface area contributed by atoms with Crippen molar-refractivity contribution in [1.82, 2.24) is 21.1 Å². The smallest absolute Gasteiger partial charge is 0.325 e. The van der Waals surface area contributed by atoms with Gasteiger partial charge < -0.3 is 10.1 Å². The molecule has 30 heavy (non-hydrogen) atoms. The van der Waals surface area contributed by atoms with Crippen LogP contribution in [0.2, 0.25) is 0 Å². The van der Waals surface area contributed by atoms with Gasteiger partial charge in [0.25, 0.3) is 11.8 Å². The quantitative estimate of drug-likeness (QED) is 0.463. The Labute approximate surface area is 175 Å². The molecule has 2 fully saturated rings. The topological polar surface area (TPSA) is 117 Å². The van der Waals surface area contributed by atoms with Crippen LogP contribution in [-0.2, 0) is 9.59 Å². The Morgan fingerprint density at radius 3 is 2.43 bits per heavy atom. The highest BCUT2D eigenvalue weighted by atomic mass is 16.5. The maximum absolute atomic E-state index is 12.5. The summed E-state index contributed by atoms with van der Waals surface area (Å²) in [5, 5.41) is 2.81. The Balaban J connectivity index is 1.39. The minimum absolute atomic E-state index is 0.0367. The first-order valence-corrected chi connectivity index (χ1v) is 10.3. The molecule has 162 valence electrons. The monoisotopic (exact) mass is 416 g/mol. The van der Waals surface area contributed by atoms with E-state index in [0.29, 0.717) is 30.6 Å². The lowest BCUT2D eigenvalue weighted by molar-refractivity contribution is -0.131. The number of benzene rings is 1. The summed E-state index contributed by atoms with van der Waals surface area (Å²) in [6.07, 6.45) is 3.62. The number of amides is 5. The normalized spacial score (nSPS) is 17.4. The fourth-order valence-corrected chi connectivity index (χ4v) is 3.81. The average molecular weight is 416 g/mol. The van der Waals surface area contributed by atoms with Gasteiger partial charge in [-0.2, -0.15) is 0 Å². The number of carbonyl (C=O) groups excluding carboxylic acids is 4. The van der Waals surface area contributed by atoms with Gasteiger partial charge in [-0.1, -0.05) is 12.8 Å². The van der Waals surface area contributed by atoms with Gasteiger partial charge in [-0.25, -0.2) is 4.79 Å². The van der Waals surface area contributed by atoms with Gasteiger partial charge >= 0.3 is 6.03 Å². The van der Waals surface area contributed by atoms with Crippen molar-refractivity contribution < 1.29 is 23.9 Å². The zero-order chi connectivity index (χ0) is 21.7. The molecule has 2 aliphatic rings. The Morgan fingerprint density at radius 1 is 1.13 bits per heavy atom. The highest BCUT2D eigenvalue weighted by molar-refractivity contribution is 6.07. The van der Waals surface area contributed by atoms with Gasteiger partial charge in [0, 0.05) is 18.5 Å². The van der Waals surface area contributed by atoms with Gasteiger partial charge in [0.05, 0.1) is 6.10 Å². The second-order valence-corrected chi connectivity index (χ2v) is 7.97. The van der Waals surface area contributed by atoms with E-state index in [9.17, 15) is 19.2 Å². The molecule has 1 aromatic carbocycles. The van der Waals surface area contributed by atoms with Crippen LogP contribution in [0.15, 0.2) is 24.3 Å². The molecule has 1 aromatic rings. The van der Waals surface area contributed by atoms with Crippen LogP contribution in [0.1, 0.15) is 62.7 Å². The Bertz CT molecular complexity index is 815. The van der Waals surface area contributed by atoms with E-state index in [0.717, 1.165) is 12.8 Å². The van der Waals surface area contributed by atoms with Crippen molar-refractivity contribution >= 4 is 23.8 Å². The summed E-state index contributed by atoms with van der Waals surface area (Å²) in [4.78, 5) is 50.0. The number of rotatable bonds is 7. The lowest BCUT2D eigenvalue weighted by Crippen LogP contribution is -2.44. The van der Waals surface area contributed by atoms with Crippen LogP contribution in [0.25, 0.3) is 0 Å². The minimum Gasteiger partial charge on any atom is -0.491 e. The van der Waals surface area contributed by atoms with Gasteiger partial charge in [0.15, 0.2) is 0 Å². The molecule has 1 heterocycles. The van der Waals surface area contributed by atoms with E-state index in [-0.39, 0.29) is 31.0 Å². The fourth-order valence-electron chi connectivity index (χ4n) is 3.81. The zero-order valence-corrected chi connectivity index (χ0v) is 17.3. The molecular weight excluding hydrogens is 388 g/mol. The second-order valence-electron chi connectivity index (χ2n) is 7.97. The van der Waals surface area contributed by atoms with E-state index in [1.807, 2.05) is 13.8 Å². The molecule has 0 aromatic heterocycles. The predicted molar refractivity (Wildman–Crippen MR) is 108 cm³/mol. The van der Waals surface area contributed by atoms with Crippen molar-refractivity contribution in [3.63, 3.8) is 0 Å². The molecule has 1 saturated heterocycles. The van der Waals surface area contributed by atoms with Crippen molar-refractivity contribution in [2.75, 3.05) is 6.54 Å². The Morgan fingerprint density at radius 2 is 1.80 bits per heavy atom. The highest BCUT2D eigenvalue weighted by Gasteiger charge is 2.52. The van der Waals surface area contributed by atoms with E-state index in [1.165, 1.54) is 4.90 Å². The van der Waals surface area contributed by atoms with Crippen LogP contribution in [-0.4, -0.2) is 46.8 Å². The summed E-state index contributed by atoms with van der Waals surface area (Å²) in [6.45, 7) is 4.00. The van der Waals surface area contributed by atoms with Gasteiger partial charge in [0.1, 0.15) is 11.3 Å². The molecule has 0 unspecified atom stereocenters. The zero-order valence-electron chi connectivity index (χ0n) is 17.3. The Hall–Kier alpha value is -3.10. The molecule has 1 aliphatic heterocycles. The molecule has 0 radical (unpaired) electrons. The number of ether oxygens (including phenoxy) is 1. The number of imide groups is 1. The average Bonchev–Trinajstić information content (AvgIpc) is 3.26. The number of urea groups is 1. The minimum atomic E-state index is -0.733. The van der Waals surface area contributed by atoms with Crippen LogP contribution in [0.4, 0.5) is 4.79 Å². The third-order valence-corrected chi connectivity index (χ3v) is 5.29. The number of nitrogens with zero attached hydrogens (tertiary/aromatic N) is 1. The first-order chi connectivity index (χ1) is 14.3. The van der Waals surface area contributed by atoms with Crippen molar-refractivity contribution in [3.8, 4) is 5.75 Å². The fraction of sp³-hybridized carbons (Fsp3) is 0.524. The van der Waals surface area contributed by atoms with E-state index in [4.69, 9.17) is 4.74 Å². The van der Waals surface area contributed by atoms with Gasteiger partial charge in [-0.15, -0.1) is 0 Å². The van der Waals surface area contributed by atoms with Crippen LogP contribution in [0.3, 0.4) is 0 Å². The third-order valence-electron chi connectivity index (χ3n) is 5.29. The second kappa shape index (κ2) is 9.15. The third kappa shape index (κ3) is 4.90. The summed E-state index contributed by atoms with van der Waals surface area (Å²) in [6, 6.07) is 6.20. The first-order valence-electron chi connectivity index (χ1n) is 10.3. The highest BCUT2D eigenvalue weighted by Crippen LogP contribution is 2.35. The molecule has 1 saturated carbocycles. The summed E-state index contributed by atoms with van der Waals surface area (Å²) < 4.78 is 5.52. The van der Waals surface area contributed by atoms with Gasteiger partial charge in [0.2, 0.25) is 5.91 Å². The predicted octanol–water partition coefficient (Wildman–Crippen LogP) is 1.88. The molecule has 1 aliphatic carbocycles. The lowest BCUT2D eigenvalue weighted by atomic mass is 9.98. The summed E-state index contributed by atoms with van der Waals surface area (Å²) >= 11 is 0. The molecule has 0 atom stereocenters. The van der Waals surface area contributed by atoms with Crippen molar-refractivity contribution in [2.45, 2.75) is 64.0 Å². The SMILES string of the molecule is CC(C)Oc1ccc(C(=O)NNC(=O)CCCN2C(=O)NC3(CCCC3)C2=O)cc1. The maximum atomic E-state index is 12.5. The van der Waals surface area contributed by atoms with Crippen molar-refractivity contribution in [3.05, 3.63) is 29.8 Å². The van der Waals surface area contributed by atoms with Crippen LogP contribution < -0.4 is 20.9 Å². The van der Waals surface area contributed by atoms with Gasteiger partial charge in [-0.05, 0) is 57.4 Å². The standard InChI is InChI=1S/C21H28N4O5/c1-14(2)30-16-9-7-15(8-10-16)18(27)24-23-17(26)6-5-13-25-19(28)21(22-20(25)29)11-3-4-12-21/h7-10,14H,3-6,11-13H2,1-2H3,(H,22,29)(H,23,26)(H,24,27). The summed E-state index contributed by atoms with van der Waals surface area (Å²) in [5.74, 6) is -0.378. The Kier molecular flexibility index (Phi) is 6.59. The number of carbonyl (C=O) groups is 4. The van der Waals surface area contributed by atoms with Crippen LogP contribution in [0.5, 0.6) is 5.75 Å². The lowest BCUT2D eigenvalue weighted by Gasteiger charge is -2.19. The maximum Gasteiger partial charge on any atom is 0.325 e. The molecule has 1 spiro atoms. The van der Waals surface area contributed by atoms with E-state index in [2.05, 4.69) is 16.2 Å². The molecular formula is C21H28N4O5. The van der Waals surface area contributed by atoms with Crippen LogP contribution in [0, 0.1) is 0 Å². The number of hydrogen-bond acceptors (Lipinski definition) is 5. The molecule has 3 rings (SSSR count). The molecule has 3 N–H and O–H groups in total. The first kappa shape index (κ1) is 21.6. The van der Waals surface area contributed by atoms with E-state index < -0.39 is 17.4 Å². The van der Waals surface area contributed by atoms with E-state index in [1.54, 1.807) is 24.3 Å². The van der Waals surface area contributed by atoms with Crippen molar-refractivity contribution in [2.24, 2.45) is 0 Å². The summed E-state index contributed by atoms with van der Waals surface area (Å²) in [5.41, 5.74) is 4.35.